The maximum absolute atomic E-state index is 5.70. The van der Waals surface area contributed by atoms with Gasteiger partial charge in [-0.2, -0.15) is 0 Å². The number of ether oxygens (including phenoxy) is 1. The van der Waals surface area contributed by atoms with Gasteiger partial charge in [-0.3, -0.25) is 0 Å². The van der Waals surface area contributed by atoms with E-state index in [1.807, 2.05) is 24.3 Å². The topological polar surface area (TPSA) is 61.3 Å². The highest BCUT2D eigenvalue weighted by atomic mass is 79.9. The number of nitrogen functional groups attached to an aromatic ring is 1. The van der Waals surface area contributed by atoms with Gasteiger partial charge >= 0.3 is 0 Å². The van der Waals surface area contributed by atoms with Crippen molar-refractivity contribution in [2.24, 2.45) is 0 Å². The van der Waals surface area contributed by atoms with Crippen LogP contribution in [0.2, 0.25) is 0 Å². The number of fused-ring (bicyclic) bond motifs is 1. The number of aromatic nitrogens is 1. The number of halogens is 2. The summed E-state index contributed by atoms with van der Waals surface area (Å²) in [6.07, 6.45) is 0. The van der Waals surface area contributed by atoms with E-state index in [1.54, 1.807) is 12.1 Å². The smallest absolute Gasteiger partial charge is 0.233 e. The summed E-state index contributed by atoms with van der Waals surface area (Å²) in [4.78, 5) is 4.34. The zero-order chi connectivity index (χ0) is 14.1. The Morgan fingerprint density at radius 2 is 2.00 bits per heavy atom. The Balaban J connectivity index is 1.79. The molecule has 6 heteroatoms. The number of anilines is 1. The molecule has 0 aliphatic rings. The SMILES string of the molecule is Nc1ccc2nc(COc3ccc(Br)cc3Br)oc2c1. The second-order valence-electron chi connectivity index (χ2n) is 4.20. The fraction of sp³-hybridized carbons (Fsp3) is 0.0714. The molecule has 0 aliphatic heterocycles. The predicted molar refractivity (Wildman–Crippen MR) is 84.6 cm³/mol. The Hall–Kier alpha value is -1.53. The average molecular weight is 398 g/mol. The summed E-state index contributed by atoms with van der Waals surface area (Å²) >= 11 is 6.84. The van der Waals surface area contributed by atoms with Crippen LogP contribution in [0.5, 0.6) is 5.75 Å². The van der Waals surface area contributed by atoms with Gasteiger partial charge in [-0.15, -0.1) is 0 Å². The first-order valence-corrected chi connectivity index (χ1v) is 7.43. The lowest BCUT2D eigenvalue weighted by Gasteiger charge is -2.05. The van der Waals surface area contributed by atoms with Gasteiger partial charge < -0.3 is 14.9 Å². The highest BCUT2D eigenvalue weighted by Gasteiger charge is 2.08. The van der Waals surface area contributed by atoms with Crippen LogP contribution in [-0.4, -0.2) is 4.98 Å². The monoisotopic (exact) mass is 396 g/mol. The van der Waals surface area contributed by atoms with Gasteiger partial charge in [0.1, 0.15) is 11.3 Å². The Morgan fingerprint density at radius 1 is 1.15 bits per heavy atom. The van der Waals surface area contributed by atoms with Crippen LogP contribution < -0.4 is 10.5 Å². The van der Waals surface area contributed by atoms with Crippen molar-refractivity contribution in [3.8, 4) is 5.75 Å². The van der Waals surface area contributed by atoms with E-state index < -0.39 is 0 Å². The lowest BCUT2D eigenvalue weighted by molar-refractivity contribution is 0.265. The van der Waals surface area contributed by atoms with Crippen LogP contribution in [0.15, 0.2) is 49.8 Å². The summed E-state index contributed by atoms with van der Waals surface area (Å²) in [5, 5.41) is 0. The fourth-order valence-electron chi connectivity index (χ4n) is 1.78. The third-order valence-corrected chi connectivity index (χ3v) is 3.81. The normalized spacial score (nSPS) is 10.9. The molecule has 0 unspecified atom stereocenters. The number of hydrogen-bond donors (Lipinski definition) is 1. The largest absolute Gasteiger partial charge is 0.483 e. The second kappa shape index (κ2) is 5.46. The predicted octanol–water partition coefficient (Wildman–Crippen LogP) is 4.51. The Kier molecular flexibility index (Phi) is 3.67. The van der Waals surface area contributed by atoms with Gasteiger partial charge in [0.05, 0.1) is 4.47 Å². The van der Waals surface area contributed by atoms with E-state index in [1.165, 1.54) is 0 Å². The Morgan fingerprint density at radius 3 is 2.80 bits per heavy atom. The van der Waals surface area contributed by atoms with E-state index in [9.17, 15) is 0 Å². The van der Waals surface area contributed by atoms with Crippen LogP contribution >= 0.6 is 31.9 Å². The molecule has 20 heavy (non-hydrogen) atoms. The second-order valence-corrected chi connectivity index (χ2v) is 5.97. The number of nitrogens with two attached hydrogens (primary N) is 1. The zero-order valence-corrected chi connectivity index (χ0v) is 13.4. The van der Waals surface area contributed by atoms with E-state index in [2.05, 4.69) is 36.8 Å². The molecule has 1 aromatic heterocycles. The van der Waals surface area contributed by atoms with Crippen molar-refractivity contribution in [1.82, 2.24) is 4.98 Å². The first kappa shape index (κ1) is 13.5. The third-order valence-electron chi connectivity index (χ3n) is 2.70. The van der Waals surface area contributed by atoms with Gasteiger partial charge in [-0.25, -0.2) is 4.98 Å². The van der Waals surface area contributed by atoms with Crippen molar-refractivity contribution in [2.75, 3.05) is 5.73 Å². The van der Waals surface area contributed by atoms with Crippen molar-refractivity contribution < 1.29 is 9.15 Å². The van der Waals surface area contributed by atoms with Gasteiger partial charge in [-0.1, -0.05) is 15.9 Å². The highest BCUT2D eigenvalue weighted by molar-refractivity contribution is 9.11. The molecule has 0 radical (unpaired) electrons. The molecule has 3 rings (SSSR count). The molecule has 0 saturated heterocycles. The maximum Gasteiger partial charge on any atom is 0.233 e. The third kappa shape index (κ3) is 2.81. The summed E-state index contributed by atoms with van der Waals surface area (Å²) in [7, 11) is 0. The number of hydrogen-bond acceptors (Lipinski definition) is 4. The molecule has 1 heterocycles. The first-order valence-electron chi connectivity index (χ1n) is 5.84. The minimum absolute atomic E-state index is 0.259. The number of benzene rings is 2. The molecule has 2 aromatic carbocycles. The van der Waals surface area contributed by atoms with Crippen molar-refractivity contribution in [2.45, 2.75) is 6.61 Å². The highest BCUT2D eigenvalue weighted by Crippen LogP contribution is 2.29. The average Bonchev–Trinajstić information content (AvgIpc) is 2.79. The van der Waals surface area contributed by atoms with Crippen molar-refractivity contribution in [3.63, 3.8) is 0 Å². The molecular weight excluding hydrogens is 388 g/mol. The molecule has 0 fully saturated rings. The van der Waals surface area contributed by atoms with Gasteiger partial charge in [0.15, 0.2) is 12.2 Å². The van der Waals surface area contributed by atoms with E-state index in [0.717, 1.165) is 20.2 Å². The fourth-order valence-corrected chi connectivity index (χ4v) is 2.94. The zero-order valence-electron chi connectivity index (χ0n) is 10.3. The van der Waals surface area contributed by atoms with E-state index in [-0.39, 0.29) is 6.61 Å². The summed E-state index contributed by atoms with van der Waals surface area (Å²) in [6.45, 7) is 0.259. The number of oxazole rings is 1. The van der Waals surface area contributed by atoms with Crippen LogP contribution in [-0.2, 0) is 6.61 Å². The molecule has 0 amide bonds. The quantitative estimate of drug-likeness (QED) is 0.660. The molecule has 0 aliphatic carbocycles. The molecule has 0 spiro atoms. The first-order chi connectivity index (χ1) is 9.61. The van der Waals surface area contributed by atoms with Crippen molar-refractivity contribution in [3.05, 3.63) is 51.2 Å². The summed E-state index contributed by atoms with van der Waals surface area (Å²) < 4.78 is 13.1. The molecule has 0 atom stereocenters. The molecule has 0 saturated carbocycles. The van der Waals surface area contributed by atoms with Crippen molar-refractivity contribution >= 4 is 48.6 Å². The van der Waals surface area contributed by atoms with Crippen molar-refractivity contribution in [1.29, 1.82) is 0 Å². The molecule has 2 N–H and O–H groups in total. The minimum atomic E-state index is 0.259. The Labute approximate surface area is 132 Å². The van der Waals surface area contributed by atoms with Gasteiger partial charge in [0.2, 0.25) is 5.89 Å². The van der Waals surface area contributed by atoms with E-state index >= 15 is 0 Å². The molecule has 0 bridgehead atoms. The van der Waals surface area contributed by atoms with Gasteiger partial charge in [0, 0.05) is 16.2 Å². The van der Waals surface area contributed by atoms with Crippen LogP contribution in [0.4, 0.5) is 5.69 Å². The Bertz CT molecular complexity index is 771. The minimum Gasteiger partial charge on any atom is -0.483 e. The van der Waals surface area contributed by atoms with Crippen LogP contribution in [0.25, 0.3) is 11.1 Å². The lowest BCUT2D eigenvalue weighted by atomic mass is 10.3. The number of nitrogens with zero attached hydrogens (tertiary/aromatic N) is 1. The molecule has 3 aromatic rings. The van der Waals surface area contributed by atoms with E-state index in [4.69, 9.17) is 14.9 Å². The van der Waals surface area contributed by atoms with Crippen LogP contribution in [0.1, 0.15) is 5.89 Å². The van der Waals surface area contributed by atoms with Crippen LogP contribution in [0.3, 0.4) is 0 Å². The standard InChI is InChI=1S/C14H10Br2N2O2/c15-8-1-4-12(10(16)5-8)19-7-14-18-11-3-2-9(17)6-13(11)20-14/h1-6H,7,17H2. The van der Waals surface area contributed by atoms with Gasteiger partial charge in [-0.05, 0) is 46.3 Å². The summed E-state index contributed by atoms with van der Waals surface area (Å²) in [5.41, 5.74) is 7.79. The molecule has 102 valence electrons. The summed E-state index contributed by atoms with van der Waals surface area (Å²) in [5.74, 6) is 1.25. The maximum atomic E-state index is 5.70. The lowest BCUT2D eigenvalue weighted by Crippen LogP contribution is -1.96. The van der Waals surface area contributed by atoms with Crippen LogP contribution in [0, 0.1) is 0 Å². The molecular formula is C14H10Br2N2O2. The molecule has 4 nitrogen and oxygen atoms in total. The number of rotatable bonds is 3. The van der Waals surface area contributed by atoms with E-state index in [0.29, 0.717) is 17.2 Å². The summed E-state index contributed by atoms with van der Waals surface area (Å²) in [6, 6.07) is 11.1. The van der Waals surface area contributed by atoms with Gasteiger partial charge in [0.25, 0.3) is 0 Å².